The molecule has 1 aromatic heterocycles. The Morgan fingerprint density at radius 3 is 2.59 bits per heavy atom. The van der Waals surface area contributed by atoms with Gasteiger partial charge in [-0.2, -0.15) is 0 Å². The lowest BCUT2D eigenvalue weighted by Gasteiger charge is -2.19. The Kier molecular flexibility index (Phi) is 2.89. The summed E-state index contributed by atoms with van der Waals surface area (Å²) in [7, 11) is 0. The number of nitrogens with zero attached hydrogens (tertiary/aromatic N) is 1. The van der Waals surface area contributed by atoms with E-state index in [-0.39, 0.29) is 5.91 Å². The third-order valence-electron chi connectivity index (χ3n) is 4.07. The van der Waals surface area contributed by atoms with Crippen LogP contribution in [0.2, 0.25) is 0 Å². The van der Waals surface area contributed by atoms with E-state index in [0.29, 0.717) is 5.56 Å². The van der Waals surface area contributed by atoms with Gasteiger partial charge in [-0.25, -0.2) is 0 Å². The van der Waals surface area contributed by atoms with Gasteiger partial charge in [0.25, 0.3) is 5.91 Å². The Labute approximate surface area is 101 Å². The molecule has 1 amide bonds. The summed E-state index contributed by atoms with van der Waals surface area (Å²) in [5.74, 6) is 1.64. The van der Waals surface area contributed by atoms with Gasteiger partial charge in [-0.1, -0.05) is 0 Å². The number of hydrogen-bond donors (Lipinski definition) is 1. The molecule has 2 saturated heterocycles. The minimum Gasteiger partial charge on any atom is -0.472 e. The molecule has 0 spiro atoms. The van der Waals surface area contributed by atoms with Crippen LogP contribution in [0, 0.1) is 11.8 Å². The van der Waals surface area contributed by atoms with Crippen molar-refractivity contribution in [3.63, 3.8) is 0 Å². The van der Waals surface area contributed by atoms with Gasteiger partial charge in [0.15, 0.2) is 0 Å². The van der Waals surface area contributed by atoms with Gasteiger partial charge in [-0.3, -0.25) is 4.79 Å². The van der Waals surface area contributed by atoms with Gasteiger partial charge in [-0.05, 0) is 43.8 Å². The molecule has 4 heteroatoms. The molecular formula is C13H18N2O2. The lowest BCUT2D eigenvalue weighted by atomic mass is 9.92. The normalized spacial score (nSPS) is 28.8. The van der Waals surface area contributed by atoms with Crippen LogP contribution in [0.1, 0.15) is 23.2 Å². The van der Waals surface area contributed by atoms with Gasteiger partial charge in [0, 0.05) is 13.1 Å². The number of likely N-dealkylation sites (tertiary alicyclic amines) is 1. The predicted octanol–water partition coefficient (Wildman–Crippen LogP) is 1.35. The molecule has 3 heterocycles. The van der Waals surface area contributed by atoms with E-state index in [1.165, 1.54) is 6.26 Å². The van der Waals surface area contributed by atoms with Crippen LogP contribution in [0.15, 0.2) is 23.0 Å². The standard InChI is InChI=1S/C13H18N2O2/c16-13(12-3-6-17-9-12)15-4-1-10-7-14-8-11(10)2-5-15/h3,6,9-11,14H,1-2,4-5,7-8H2/t10-,11+. The first-order chi connectivity index (χ1) is 8.34. The molecule has 2 atom stereocenters. The number of fused-ring (bicyclic) bond motifs is 1. The highest BCUT2D eigenvalue weighted by atomic mass is 16.3. The fourth-order valence-corrected chi connectivity index (χ4v) is 2.99. The van der Waals surface area contributed by atoms with Gasteiger partial charge in [0.2, 0.25) is 0 Å². The minimum absolute atomic E-state index is 0.117. The highest BCUT2D eigenvalue weighted by molar-refractivity contribution is 5.93. The van der Waals surface area contributed by atoms with Crippen molar-refractivity contribution < 1.29 is 9.21 Å². The Morgan fingerprint density at radius 1 is 1.29 bits per heavy atom. The fraction of sp³-hybridized carbons (Fsp3) is 0.615. The van der Waals surface area contributed by atoms with Crippen LogP contribution < -0.4 is 5.32 Å². The minimum atomic E-state index is 0.117. The van der Waals surface area contributed by atoms with Crippen molar-refractivity contribution >= 4 is 5.91 Å². The third kappa shape index (κ3) is 2.09. The molecule has 0 aromatic carbocycles. The average Bonchev–Trinajstić information content (AvgIpc) is 2.97. The van der Waals surface area contributed by atoms with Gasteiger partial charge in [0.05, 0.1) is 11.8 Å². The summed E-state index contributed by atoms with van der Waals surface area (Å²) >= 11 is 0. The van der Waals surface area contributed by atoms with Gasteiger partial charge < -0.3 is 14.6 Å². The first-order valence-electron chi connectivity index (χ1n) is 6.37. The summed E-state index contributed by atoms with van der Waals surface area (Å²) in [6.07, 6.45) is 5.35. The van der Waals surface area contributed by atoms with Crippen molar-refractivity contribution in [2.24, 2.45) is 11.8 Å². The SMILES string of the molecule is O=C(c1ccoc1)N1CC[C@@H]2CNC[C@@H]2CC1. The van der Waals surface area contributed by atoms with Crippen LogP contribution in [0.25, 0.3) is 0 Å². The first kappa shape index (κ1) is 10.8. The summed E-state index contributed by atoms with van der Waals surface area (Å²) in [6, 6.07) is 1.75. The number of carbonyl (C=O) groups excluding carboxylic acids is 1. The quantitative estimate of drug-likeness (QED) is 0.798. The fourth-order valence-electron chi connectivity index (χ4n) is 2.99. The zero-order valence-corrected chi connectivity index (χ0v) is 9.89. The van der Waals surface area contributed by atoms with Crippen molar-refractivity contribution in [2.75, 3.05) is 26.2 Å². The third-order valence-corrected chi connectivity index (χ3v) is 4.07. The molecular weight excluding hydrogens is 216 g/mol. The maximum Gasteiger partial charge on any atom is 0.257 e. The molecule has 3 rings (SSSR count). The van der Waals surface area contributed by atoms with Gasteiger partial charge >= 0.3 is 0 Å². The molecule has 1 N–H and O–H groups in total. The molecule has 0 unspecified atom stereocenters. The Hall–Kier alpha value is -1.29. The lowest BCUT2D eigenvalue weighted by molar-refractivity contribution is 0.0758. The highest BCUT2D eigenvalue weighted by Crippen LogP contribution is 2.27. The van der Waals surface area contributed by atoms with E-state index < -0.39 is 0 Å². The maximum atomic E-state index is 12.2. The van der Waals surface area contributed by atoms with Crippen LogP contribution >= 0.6 is 0 Å². The number of rotatable bonds is 1. The van der Waals surface area contributed by atoms with E-state index in [2.05, 4.69) is 5.32 Å². The molecule has 2 aliphatic heterocycles. The zero-order chi connectivity index (χ0) is 11.7. The zero-order valence-electron chi connectivity index (χ0n) is 9.89. The smallest absolute Gasteiger partial charge is 0.257 e. The van der Waals surface area contributed by atoms with E-state index in [1.54, 1.807) is 12.3 Å². The molecule has 2 fully saturated rings. The van der Waals surface area contributed by atoms with E-state index in [4.69, 9.17) is 4.42 Å². The van der Waals surface area contributed by atoms with E-state index in [1.807, 2.05) is 4.90 Å². The second-order valence-corrected chi connectivity index (χ2v) is 5.06. The molecule has 4 nitrogen and oxygen atoms in total. The number of amides is 1. The molecule has 0 radical (unpaired) electrons. The predicted molar refractivity (Wildman–Crippen MR) is 63.7 cm³/mol. The van der Waals surface area contributed by atoms with Crippen molar-refractivity contribution in [1.29, 1.82) is 0 Å². The van der Waals surface area contributed by atoms with Crippen LogP contribution in [-0.4, -0.2) is 37.0 Å². The summed E-state index contributed by atoms with van der Waals surface area (Å²) < 4.78 is 4.97. The summed E-state index contributed by atoms with van der Waals surface area (Å²) in [5.41, 5.74) is 0.676. The number of carbonyl (C=O) groups is 1. The second kappa shape index (κ2) is 4.53. The Morgan fingerprint density at radius 2 is 2.00 bits per heavy atom. The molecule has 2 aliphatic rings. The first-order valence-corrected chi connectivity index (χ1v) is 6.37. The summed E-state index contributed by atoms with van der Waals surface area (Å²) in [4.78, 5) is 14.2. The molecule has 92 valence electrons. The van der Waals surface area contributed by atoms with E-state index in [0.717, 1.165) is 50.9 Å². The van der Waals surface area contributed by atoms with Crippen LogP contribution in [0.4, 0.5) is 0 Å². The largest absolute Gasteiger partial charge is 0.472 e. The maximum absolute atomic E-state index is 12.2. The highest BCUT2D eigenvalue weighted by Gasteiger charge is 2.31. The van der Waals surface area contributed by atoms with Crippen LogP contribution in [0.3, 0.4) is 0 Å². The molecule has 1 aromatic rings. The van der Waals surface area contributed by atoms with Crippen molar-refractivity contribution in [3.05, 3.63) is 24.2 Å². The van der Waals surface area contributed by atoms with Gasteiger partial charge in [-0.15, -0.1) is 0 Å². The lowest BCUT2D eigenvalue weighted by Crippen LogP contribution is -2.32. The monoisotopic (exact) mass is 234 g/mol. The topological polar surface area (TPSA) is 45.5 Å². The number of furan rings is 1. The Bertz CT molecular complexity index is 374. The van der Waals surface area contributed by atoms with Gasteiger partial charge in [0.1, 0.15) is 6.26 Å². The number of hydrogen-bond acceptors (Lipinski definition) is 3. The number of nitrogens with one attached hydrogen (secondary N) is 1. The van der Waals surface area contributed by atoms with Crippen LogP contribution in [0.5, 0.6) is 0 Å². The molecule has 17 heavy (non-hydrogen) atoms. The summed E-state index contributed by atoms with van der Waals surface area (Å²) in [5, 5.41) is 3.45. The molecule has 0 saturated carbocycles. The van der Waals surface area contributed by atoms with Crippen molar-refractivity contribution in [3.8, 4) is 0 Å². The van der Waals surface area contributed by atoms with Crippen molar-refractivity contribution in [2.45, 2.75) is 12.8 Å². The summed E-state index contributed by atoms with van der Waals surface area (Å²) in [6.45, 7) is 4.01. The van der Waals surface area contributed by atoms with E-state index >= 15 is 0 Å². The Balaban J connectivity index is 1.67. The average molecular weight is 234 g/mol. The van der Waals surface area contributed by atoms with Crippen molar-refractivity contribution in [1.82, 2.24) is 10.2 Å². The second-order valence-electron chi connectivity index (χ2n) is 5.06. The molecule has 0 bridgehead atoms. The van der Waals surface area contributed by atoms with E-state index in [9.17, 15) is 4.79 Å². The molecule has 0 aliphatic carbocycles. The van der Waals surface area contributed by atoms with Crippen LogP contribution in [-0.2, 0) is 0 Å².